The Hall–Kier alpha value is -1.34. The molecule has 0 aromatic carbocycles. The quantitative estimate of drug-likeness (QED) is 0.356. The van der Waals surface area contributed by atoms with Gasteiger partial charge < -0.3 is 15.4 Å². The Morgan fingerprint density at radius 1 is 1.48 bits per heavy atom. The van der Waals surface area contributed by atoms with Crippen LogP contribution >= 0.6 is 11.8 Å². The van der Waals surface area contributed by atoms with Crippen molar-refractivity contribution in [2.45, 2.75) is 31.3 Å². The number of nitrogens with zero attached hydrogens (tertiary/aromatic N) is 3. The molecule has 0 atom stereocenters. The van der Waals surface area contributed by atoms with E-state index in [1.807, 2.05) is 0 Å². The third-order valence-electron chi connectivity index (χ3n) is 3.34. The van der Waals surface area contributed by atoms with Gasteiger partial charge in [-0.25, -0.2) is 14.8 Å². The SMILES string of the molecule is CCOC(=O)c1cnc(SCCCN2CCCC2)nc1N. The molecule has 0 bridgehead atoms. The Balaban J connectivity index is 1.78. The van der Waals surface area contributed by atoms with Gasteiger partial charge in [-0.05, 0) is 45.8 Å². The molecule has 2 heterocycles. The number of esters is 1. The van der Waals surface area contributed by atoms with Crippen molar-refractivity contribution in [2.75, 3.05) is 37.7 Å². The van der Waals surface area contributed by atoms with E-state index in [0.29, 0.717) is 11.8 Å². The molecule has 116 valence electrons. The minimum Gasteiger partial charge on any atom is -0.462 e. The van der Waals surface area contributed by atoms with Crippen LogP contribution in [-0.4, -0.2) is 52.8 Å². The van der Waals surface area contributed by atoms with E-state index in [1.54, 1.807) is 18.7 Å². The van der Waals surface area contributed by atoms with E-state index in [4.69, 9.17) is 10.5 Å². The van der Waals surface area contributed by atoms with Crippen LogP contribution in [0.4, 0.5) is 5.82 Å². The number of rotatable bonds is 7. The molecule has 2 rings (SSSR count). The zero-order valence-corrected chi connectivity index (χ0v) is 13.2. The molecule has 7 heteroatoms. The molecule has 0 aliphatic carbocycles. The van der Waals surface area contributed by atoms with Crippen molar-refractivity contribution in [3.05, 3.63) is 11.8 Å². The van der Waals surface area contributed by atoms with E-state index in [2.05, 4.69) is 14.9 Å². The first-order chi connectivity index (χ1) is 10.2. The summed E-state index contributed by atoms with van der Waals surface area (Å²) in [5.74, 6) is 0.667. The standard InChI is InChI=1S/C14H22N4O2S/c1-2-20-13(19)11-10-16-14(17-12(11)15)21-9-5-8-18-6-3-4-7-18/h10H,2-9H2,1H3,(H2,15,16,17). The summed E-state index contributed by atoms with van der Waals surface area (Å²) in [6.45, 7) is 5.64. The summed E-state index contributed by atoms with van der Waals surface area (Å²) < 4.78 is 4.89. The van der Waals surface area contributed by atoms with Crippen LogP contribution < -0.4 is 5.73 Å². The van der Waals surface area contributed by atoms with Crippen molar-refractivity contribution in [1.82, 2.24) is 14.9 Å². The Kier molecular flexibility index (Phi) is 6.25. The molecule has 1 aliphatic rings. The van der Waals surface area contributed by atoms with Crippen LogP contribution in [0.3, 0.4) is 0 Å². The number of hydrogen-bond acceptors (Lipinski definition) is 7. The van der Waals surface area contributed by atoms with Crippen molar-refractivity contribution in [1.29, 1.82) is 0 Å². The van der Waals surface area contributed by atoms with Crippen LogP contribution in [0.2, 0.25) is 0 Å². The lowest BCUT2D eigenvalue weighted by Crippen LogP contribution is -2.20. The van der Waals surface area contributed by atoms with Crippen molar-refractivity contribution in [2.24, 2.45) is 0 Å². The third-order valence-corrected chi connectivity index (χ3v) is 4.29. The first-order valence-corrected chi connectivity index (χ1v) is 8.34. The summed E-state index contributed by atoms with van der Waals surface area (Å²) in [5.41, 5.74) is 6.02. The van der Waals surface area contributed by atoms with E-state index in [0.717, 1.165) is 18.7 Å². The highest BCUT2D eigenvalue weighted by Crippen LogP contribution is 2.18. The van der Waals surface area contributed by atoms with Crippen molar-refractivity contribution < 1.29 is 9.53 Å². The summed E-state index contributed by atoms with van der Waals surface area (Å²) in [4.78, 5) is 22.4. The average molecular weight is 310 g/mol. The van der Waals surface area contributed by atoms with E-state index in [9.17, 15) is 4.79 Å². The molecule has 0 radical (unpaired) electrons. The first-order valence-electron chi connectivity index (χ1n) is 7.35. The number of carbonyl (C=O) groups is 1. The van der Waals surface area contributed by atoms with Gasteiger partial charge in [0.25, 0.3) is 0 Å². The lowest BCUT2D eigenvalue weighted by Gasteiger charge is -2.13. The van der Waals surface area contributed by atoms with Crippen LogP contribution in [0.5, 0.6) is 0 Å². The molecule has 0 unspecified atom stereocenters. The molecule has 1 aromatic heterocycles. The molecule has 1 fully saturated rings. The number of nitrogens with two attached hydrogens (primary N) is 1. The minimum atomic E-state index is -0.472. The Labute approximate surface area is 129 Å². The zero-order valence-electron chi connectivity index (χ0n) is 12.4. The summed E-state index contributed by atoms with van der Waals surface area (Å²) in [6, 6.07) is 0. The van der Waals surface area contributed by atoms with Crippen LogP contribution in [0.15, 0.2) is 11.4 Å². The van der Waals surface area contributed by atoms with Crippen LogP contribution in [-0.2, 0) is 4.74 Å². The van der Waals surface area contributed by atoms with Crippen molar-refractivity contribution in [3.63, 3.8) is 0 Å². The molecule has 1 saturated heterocycles. The highest BCUT2D eigenvalue weighted by molar-refractivity contribution is 7.99. The molecular formula is C14H22N4O2S. The second-order valence-corrected chi connectivity index (χ2v) is 5.98. The zero-order chi connectivity index (χ0) is 15.1. The van der Waals surface area contributed by atoms with Gasteiger partial charge in [-0.2, -0.15) is 0 Å². The number of nitrogen functional groups attached to an aromatic ring is 1. The summed E-state index contributed by atoms with van der Waals surface area (Å²) in [7, 11) is 0. The Morgan fingerprint density at radius 3 is 2.90 bits per heavy atom. The van der Waals surface area contributed by atoms with Crippen LogP contribution in [0.25, 0.3) is 0 Å². The Morgan fingerprint density at radius 2 is 2.24 bits per heavy atom. The second-order valence-electron chi connectivity index (χ2n) is 4.92. The maximum atomic E-state index is 11.6. The number of aromatic nitrogens is 2. The maximum Gasteiger partial charge on any atom is 0.343 e. The summed E-state index contributed by atoms with van der Waals surface area (Å²) in [5, 5.41) is 0.613. The van der Waals surface area contributed by atoms with Gasteiger partial charge in [0, 0.05) is 11.9 Å². The Bertz CT molecular complexity index is 478. The smallest absolute Gasteiger partial charge is 0.343 e. The predicted molar refractivity (Wildman–Crippen MR) is 83.4 cm³/mol. The normalized spacial score (nSPS) is 15.3. The molecule has 6 nitrogen and oxygen atoms in total. The van der Waals surface area contributed by atoms with Gasteiger partial charge in [0.05, 0.1) is 6.61 Å². The van der Waals surface area contributed by atoms with E-state index in [1.165, 1.54) is 32.1 Å². The first kappa shape index (κ1) is 16.0. The fourth-order valence-corrected chi connectivity index (χ4v) is 3.02. The predicted octanol–water partition coefficient (Wildman–Crippen LogP) is 1.81. The number of carbonyl (C=O) groups excluding carboxylic acids is 1. The number of hydrogen-bond donors (Lipinski definition) is 1. The largest absolute Gasteiger partial charge is 0.462 e. The molecule has 0 amide bonds. The monoisotopic (exact) mass is 310 g/mol. The third kappa shape index (κ3) is 4.86. The number of likely N-dealkylation sites (tertiary alicyclic amines) is 1. The van der Waals surface area contributed by atoms with Gasteiger partial charge in [0.1, 0.15) is 11.4 Å². The lowest BCUT2D eigenvalue weighted by molar-refractivity contribution is 0.0526. The number of anilines is 1. The van der Waals surface area contributed by atoms with Crippen LogP contribution in [0.1, 0.15) is 36.5 Å². The molecule has 0 saturated carbocycles. The van der Waals surface area contributed by atoms with E-state index < -0.39 is 5.97 Å². The molecule has 21 heavy (non-hydrogen) atoms. The topological polar surface area (TPSA) is 81.3 Å². The van der Waals surface area contributed by atoms with Gasteiger partial charge in [0.15, 0.2) is 5.16 Å². The highest BCUT2D eigenvalue weighted by atomic mass is 32.2. The minimum absolute atomic E-state index is 0.186. The average Bonchev–Trinajstić information content (AvgIpc) is 2.97. The van der Waals surface area contributed by atoms with Crippen molar-refractivity contribution >= 4 is 23.5 Å². The van der Waals surface area contributed by atoms with E-state index >= 15 is 0 Å². The van der Waals surface area contributed by atoms with Gasteiger partial charge >= 0.3 is 5.97 Å². The van der Waals surface area contributed by atoms with Crippen LogP contribution in [0, 0.1) is 0 Å². The molecule has 1 aromatic rings. The van der Waals surface area contributed by atoms with Gasteiger partial charge in [0.2, 0.25) is 0 Å². The van der Waals surface area contributed by atoms with E-state index in [-0.39, 0.29) is 11.4 Å². The van der Waals surface area contributed by atoms with Crippen molar-refractivity contribution in [3.8, 4) is 0 Å². The maximum absolute atomic E-state index is 11.6. The molecular weight excluding hydrogens is 288 g/mol. The lowest BCUT2D eigenvalue weighted by atomic mass is 10.3. The fraction of sp³-hybridized carbons (Fsp3) is 0.643. The van der Waals surface area contributed by atoms with Gasteiger partial charge in [-0.3, -0.25) is 0 Å². The fourth-order valence-electron chi connectivity index (χ4n) is 2.27. The number of thioether (sulfide) groups is 1. The summed E-state index contributed by atoms with van der Waals surface area (Å²) >= 11 is 1.57. The second kappa shape index (κ2) is 8.19. The molecule has 0 spiro atoms. The highest BCUT2D eigenvalue weighted by Gasteiger charge is 2.14. The van der Waals surface area contributed by atoms with Gasteiger partial charge in [-0.15, -0.1) is 0 Å². The molecule has 2 N–H and O–H groups in total. The molecule has 1 aliphatic heterocycles. The van der Waals surface area contributed by atoms with Gasteiger partial charge in [-0.1, -0.05) is 11.8 Å². The summed E-state index contributed by atoms with van der Waals surface area (Å²) in [6.07, 6.45) is 5.20. The number of ether oxygens (including phenoxy) is 1.